The Hall–Kier alpha value is -1.61. The molecule has 0 radical (unpaired) electrons. The van der Waals surface area contributed by atoms with Crippen LogP contribution in [-0.2, 0) is 6.16 Å². The van der Waals surface area contributed by atoms with Gasteiger partial charge in [0.1, 0.15) is 0 Å². The SMILES string of the molecule is Cc1ccc(CP(I)(c2ccccc2)(c2ccccc2)c2ccccc2)c(S)c1. The van der Waals surface area contributed by atoms with Crippen LogP contribution in [0.15, 0.2) is 114 Å². The van der Waals surface area contributed by atoms with E-state index in [4.69, 9.17) is 12.6 Å². The topological polar surface area (TPSA) is 0 Å². The molecule has 3 heteroatoms. The minimum atomic E-state index is -2.81. The van der Waals surface area contributed by atoms with E-state index in [2.05, 4.69) is 138 Å². The number of thiol groups is 1. The number of hydrogen-bond donors (Lipinski definition) is 1. The van der Waals surface area contributed by atoms with Crippen molar-refractivity contribution in [2.75, 3.05) is 0 Å². The molecule has 0 aliphatic carbocycles. The van der Waals surface area contributed by atoms with E-state index in [1.807, 2.05) is 0 Å². The summed E-state index contributed by atoms with van der Waals surface area (Å²) in [4.78, 5) is 1.07. The molecule has 4 aromatic carbocycles. The second-order valence-electron chi connectivity index (χ2n) is 7.48. The number of halogens is 1. The molecule has 0 nitrogen and oxygen atoms in total. The molecule has 0 saturated heterocycles. The number of benzene rings is 4. The van der Waals surface area contributed by atoms with Gasteiger partial charge in [0.05, 0.1) is 0 Å². The molecule has 0 aliphatic rings. The van der Waals surface area contributed by atoms with Crippen molar-refractivity contribution in [3.63, 3.8) is 0 Å². The maximum atomic E-state index is 4.87. The third-order valence-corrected chi connectivity index (χ3v) is 17.1. The Morgan fingerprint density at radius 1 is 0.655 bits per heavy atom. The van der Waals surface area contributed by atoms with Gasteiger partial charge in [0.15, 0.2) is 0 Å². The number of aryl methyl sites for hydroxylation is 1. The van der Waals surface area contributed by atoms with E-state index in [1.54, 1.807) is 0 Å². The molecule has 0 aliphatic heterocycles. The van der Waals surface area contributed by atoms with Crippen molar-refractivity contribution < 1.29 is 0 Å². The van der Waals surface area contributed by atoms with Gasteiger partial charge in [-0.15, -0.1) is 0 Å². The summed E-state index contributed by atoms with van der Waals surface area (Å²) in [7, 11) is 0. The van der Waals surface area contributed by atoms with Crippen LogP contribution in [0.1, 0.15) is 11.1 Å². The molecule has 0 bridgehead atoms. The molecular formula is C26H24IPS. The van der Waals surface area contributed by atoms with Crippen molar-refractivity contribution in [3.8, 4) is 0 Å². The molecule has 0 atom stereocenters. The van der Waals surface area contributed by atoms with Gasteiger partial charge in [0.2, 0.25) is 0 Å². The average molecular weight is 526 g/mol. The van der Waals surface area contributed by atoms with Crippen LogP contribution in [0.25, 0.3) is 0 Å². The molecule has 4 rings (SSSR count). The maximum absolute atomic E-state index is 4.87. The standard InChI is InChI=1S/C26H24IPS/c1-21-17-18-22(26(29)19-21)20-28(27,23-11-5-2-6-12-23,24-13-7-3-8-14-24)25-15-9-4-10-16-25/h2-19,29H,20H2,1H3. The summed E-state index contributed by atoms with van der Waals surface area (Å²) in [6.07, 6.45) is 0.934. The summed E-state index contributed by atoms with van der Waals surface area (Å²) >= 11 is 7.70. The van der Waals surface area contributed by atoms with E-state index >= 15 is 0 Å². The van der Waals surface area contributed by atoms with Gasteiger partial charge in [-0.2, -0.15) is 0 Å². The molecule has 0 heterocycles. The fourth-order valence-electron chi connectivity index (χ4n) is 4.07. The summed E-state index contributed by atoms with van der Waals surface area (Å²) in [6, 6.07) is 39.8. The van der Waals surface area contributed by atoms with E-state index in [-0.39, 0.29) is 0 Å². The molecule has 146 valence electrons. The van der Waals surface area contributed by atoms with Crippen molar-refractivity contribution in [2.24, 2.45) is 0 Å². The molecule has 0 spiro atoms. The molecule has 0 aromatic heterocycles. The Bertz CT molecular complexity index is 1010. The molecule has 0 saturated carbocycles. The van der Waals surface area contributed by atoms with Crippen LogP contribution >= 0.6 is 38.9 Å². The van der Waals surface area contributed by atoms with Gasteiger partial charge in [0, 0.05) is 0 Å². The van der Waals surface area contributed by atoms with Crippen LogP contribution in [0, 0.1) is 6.92 Å². The Morgan fingerprint density at radius 2 is 1.07 bits per heavy atom. The first-order valence-corrected chi connectivity index (χ1v) is 15.4. The summed E-state index contributed by atoms with van der Waals surface area (Å²) in [5, 5.41) is 4.18. The van der Waals surface area contributed by atoms with Gasteiger partial charge in [0.25, 0.3) is 0 Å². The number of rotatable bonds is 5. The molecule has 0 N–H and O–H groups in total. The van der Waals surface area contributed by atoms with Gasteiger partial charge >= 0.3 is 193 Å². The second kappa shape index (κ2) is 8.26. The average Bonchev–Trinajstić information content (AvgIpc) is 2.78. The van der Waals surface area contributed by atoms with Crippen molar-refractivity contribution in [1.29, 1.82) is 0 Å². The van der Waals surface area contributed by atoms with Gasteiger partial charge in [-0.05, 0) is 0 Å². The molecule has 29 heavy (non-hydrogen) atoms. The van der Waals surface area contributed by atoms with E-state index in [1.165, 1.54) is 27.0 Å². The van der Waals surface area contributed by atoms with E-state index in [0.717, 1.165) is 11.1 Å². The van der Waals surface area contributed by atoms with Crippen LogP contribution in [0.5, 0.6) is 0 Å². The van der Waals surface area contributed by atoms with Crippen LogP contribution in [0.3, 0.4) is 0 Å². The molecule has 4 aromatic rings. The van der Waals surface area contributed by atoms with E-state index < -0.39 is 4.25 Å². The van der Waals surface area contributed by atoms with Crippen LogP contribution in [0.4, 0.5) is 0 Å². The van der Waals surface area contributed by atoms with Crippen molar-refractivity contribution in [2.45, 2.75) is 18.0 Å². The van der Waals surface area contributed by atoms with Crippen LogP contribution in [-0.4, -0.2) is 0 Å². The minimum absolute atomic E-state index is 0.934. The second-order valence-corrected chi connectivity index (χ2v) is 18.6. The monoisotopic (exact) mass is 526 g/mol. The fourth-order valence-corrected chi connectivity index (χ4v) is 13.3. The van der Waals surface area contributed by atoms with Crippen molar-refractivity contribution in [3.05, 3.63) is 120 Å². The van der Waals surface area contributed by atoms with Crippen LogP contribution in [0.2, 0.25) is 0 Å². The quantitative estimate of drug-likeness (QED) is 0.168. The summed E-state index contributed by atoms with van der Waals surface area (Å²) < 4.78 is -2.81. The third-order valence-electron chi connectivity index (χ3n) is 5.59. The van der Waals surface area contributed by atoms with Gasteiger partial charge in [-0.1, -0.05) is 0 Å². The normalized spacial score (nSPS) is 12.9. The van der Waals surface area contributed by atoms with Gasteiger partial charge in [-0.3, -0.25) is 0 Å². The predicted octanol–water partition coefficient (Wildman–Crippen LogP) is 6.66. The summed E-state index contributed by atoms with van der Waals surface area (Å²) in [5.41, 5.74) is 2.54. The Labute approximate surface area is 192 Å². The zero-order valence-electron chi connectivity index (χ0n) is 16.4. The summed E-state index contributed by atoms with van der Waals surface area (Å²) in [6.45, 7) is 2.12. The fraction of sp³-hybridized carbons (Fsp3) is 0.0769. The first-order valence-electron chi connectivity index (χ1n) is 9.70. The summed E-state index contributed by atoms with van der Waals surface area (Å²) in [5.74, 6) is 0. The molecule has 0 amide bonds. The molecule has 0 unspecified atom stereocenters. The molecule has 0 fully saturated rings. The zero-order chi connectivity index (χ0) is 20.3. The first kappa shape index (κ1) is 20.7. The Morgan fingerprint density at radius 3 is 1.45 bits per heavy atom. The Balaban J connectivity index is 2.09. The number of hydrogen-bond acceptors (Lipinski definition) is 1. The van der Waals surface area contributed by atoms with E-state index in [0.29, 0.717) is 0 Å². The van der Waals surface area contributed by atoms with E-state index in [9.17, 15) is 0 Å². The zero-order valence-corrected chi connectivity index (χ0v) is 20.3. The van der Waals surface area contributed by atoms with Crippen molar-refractivity contribution >= 4 is 54.8 Å². The third kappa shape index (κ3) is 3.67. The van der Waals surface area contributed by atoms with Gasteiger partial charge in [-0.25, -0.2) is 0 Å². The van der Waals surface area contributed by atoms with Crippen LogP contribution < -0.4 is 15.9 Å². The van der Waals surface area contributed by atoms with Crippen molar-refractivity contribution in [1.82, 2.24) is 0 Å². The van der Waals surface area contributed by atoms with Gasteiger partial charge < -0.3 is 0 Å². The predicted molar refractivity (Wildman–Crippen MR) is 141 cm³/mol. The molecular weight excluding hydrogens is 502 g/mol. The Kier molecular flexibility index (Phi) is 5.88. The first-order chi connectivity index (χ1) is 14.0.